The largest absolute Gasteiger partial charge is 0.453 e. The van der Waals surface area contributed by atoms with E-state index in [1.807, 2.05) is 72.8 Å². The lowest BCUT2D eigenvalue weighted by molar-refractivity contribution is -0.0301. The summed E-state index contributed by atoms with van der Waals surface area (Å²) in [4.78, 5) is 14.0. The molecule has 1 amide bonds. The number of hydrogen-bond donors (Lipinski definition) is 0. The zero-order valence-electron chi connectivity index (χ0n) is 15.5. The van der Waals surface area contributed by atoms with Crippen LogP contribution in [0.5, 0.6) is 5.75 Å². The molecule has 0 N–H and O–H groups in total. The monoisotopic (exact) mass is 393 g/mol. The van der Waals surface area contributed by atoms with Crippen LogP contribution in [0.1, 0.15) is 11.1 Å². The molecule has 4 rings (SSSR count). The van der Waals surface area contributed by atoms with Gasteiger partial charge < -0.3 is 14.4 Å². The lowest BCUT2D eigenvalue weighted by Gasteiger charge is -2.20. The highest BCUT2D eigenvalue weighted by Crippen LogP contribution is 2.41. The molecule has 1 aliphatic heterocycles. The predicted octanol–water partition coefficient (Wildman–Crippen LogP) is 5.54. The van der Waals surface area contributed by atoms with Crippen LogP contribution in [0.3, 0.4) is 0 Å². The van der Waals surface area contributed by atoms with Gasteiger partial charge in [-0.25, -0.2) is 4.79 Å². The van der Waals surface area contributed by atoms with Gasteiger partial charge in [-0.2, -0.15) is 0 Å². The lowest BCUT2D eigenvalue weighted by atomic mass is 10.0. The Morgan fingerprint density at radius 3 is 2.54 bits per heavy atom. The number of amides is 1. The predicted molar refractivity (Wildman–Crippen MR) is 109 cm³/mol. The topological polar surface area (TPSA) is 38.8 Å². The molecule has 1 aliphatic rings. The summed E-state index contributed by atoms with van der Waals surface area (Å²) in [6, 6.07) is 23.3. The van der Waals surface area contributed by atoms with E-state index >= 15 is 0 Å². The summed E-state index contributed by atoms with van der Waals surface area (Å²) in [5.41, 5.74) is 3.84. The van der Waals surface area contributed by atoms with Crippen LogP contribution in [-0.2, 0) is 17.7 Å². The number of ether oxygens (including phenoxy) is 2. The highest BCUT2D eigenvalue weighted by atomic mass is 35.5. The first-order chi connectivity index (χ1) is 13.6. The minimum absolute atomic E-state index is 0.416. The van der Waals surface area contributed by atoms with E-state index in [4.69, 9.17) is 21.1 Å². The van der Waals surface area contributed by atoms with Gasteiger partial charge in [0.05, 0.1) is 6.42 Å². The lowest BCUT2D eigenvalue weighted by Crippen LogP contribution is -2.32. The molecule has 0 saturated carbocycles. The smallest absolute Gasteiger partial charge is 0.412 e. The number of nitrogens with zero attached hydrogens (tertiary/aromatic N) is 1. The van der Waals surface area contributed by atoms with E-state index in [1.54, 1.807) is 7.05 Å². The Morgan fingerprint density at radius 1 is 1.04 bits per heavy atom. The van der Waals surface area contributed by atoms with Crippen molar-refractivity contribution in [1.82, 2.24) is 4.90 Å². The maximum Gasteiger partial charge on any atom is 0.412 e. The first-order valence-electron chi connectivity index (χ1n) is 9.11. The van der Waals surface area contributed by atoms with Gasteiger partial charge in [0.15, 0.2) is 0 Å². The number of rotatable bonds is 4. The van der Waals surface area contributed by atoms with Crippen LogP contribution in [0.4, 0.5) is 4.79 Å². The number of carbonyl (C=O) groups is 1. The Bertz CT molecular complexity index is 990. The number of carbonyl (C=O) groups excluding carboxylic acids is 1. The summed E-state index contributed by atoms with van der Waals surface area (Å²) in [7, 11) is 1.71. The average molecular weight is 394 g/mol. The second-order valence-electron chi connectivity index (χ2n) is 6.75. The van der Waals surface area contributed by atoms with Crippen LogP contribution in [0.15, 0.2) is 72.8 Å². The van der Waals surface area contributed by atoms with Crippen molar-refractivity contribution >= 4 is 17.7 Å². The maximum atomic E-state index is 12.5. The molecule has 0 spiro atoms. The SMILES string of the molecule is CN(Cc1ccccc1)C(=O)OC1Cc2cccc(-c3ccccc3Cl)c2O1. The molecule has 3 aromatic carbocycles. The van der Waals surface area contributed by atoms with E-state index in [0.717, 1.165) is 28.0 Å². The van der Waals surface area contributed by atoms with Crippen molar-refractivity contribution in [2.24, 2.45) is 0 Å². The number of para-hydroxylation sites is 1. The number of fused-ring (bicyclic) bond motifs is 1. The quantitative estimate of drug-likeness (QED) is 0.584. The van der Waals surface area contributed by atoms with E-state index in [9.17, 15) is 4.79 Å². The Labute approximate surface area is 169 Å². The van der Waals surface area contributed by atoms with Crippen LogP contribution < -0.4 is 4.74 Å². The van der Waals surface area contributed by atoms with Gasteiger partial charge in [-0.05, 0) is 11.6 Å². The Hall–Kier alpha value is -2.98. The van der Waals surface area contributed by atoms with Gasteiger partial charge in [0.1, 0.15) is 5.75 Å². The Kier molecular flexibility index (Phi) is 5.22. The van der Waals surface area contributed by atoms with Crippen LogP contribution in [0, 0.1) is 0 Å². The maximum absolute atomic E-state index is 12.5. The second kappa shape index (κ2) is 7.95. The summed E-state index contributed by atoms with van der Waals surface area (Å²) >= 11 is 6.35. The fourth-order valence-corrected chi connectivity index (χ4v) is 3.56. The first-order valence-corrected chi connectivity index (χ1v) is 9.49. The minimum atomic E-state index is -0.649. The Balaban J connectivity index is 1.46. The molecule has 0 fully saturated rings. The number of hydrogen-bond acceptors (Lipinski definition) is 3. The molecule has 1 heterocycles. The van der Waals surface area contributed by atoms with Crippen molar-refractivity contribution in [2.75, 3.05) is 7.05 Å². The summed E-state index contributed by atoms with van der Waals surface area (Å²) in [6.07, 6.45) is -0.552. The van der Waals surface area contributed by atoms with Crippen LogP contribution >= 0.6 is 11.6 Å². The summed E-state index contributed by atoms with van der Waals surface area (Å²) in [6.45, 7) is 0.476. The van der Waals surface area contributed by atoms with Gasteiger partial charge in [0, 0.05) is 35.3 Å². The zero-order chi connectivity index (χ0) is 19.5. The molecule has 28 heavy (non-hydrogen) atoms. The molecular weight excluding hydrogens is 374 g/mol. The third-order valence-electron chi connectivity index (χ3n) is 4.70. The van der Waals surface area contributed by atoms with Crippen LogP contribution in [0.25, 0.3) is 11.1 Å². The first kappa shape index (κ1) is 18.4. The van der Waals surface area contributed by atoms with Gasteiger partial charge in [0.2, 0.25) is 6.29 Å². The average Bonchev–Trinajstić information content (AvgIpc) is 3.11. The molecule has 0 radical (unpaired) electrons. The van der Waals surface area contributed by atoms with Crippen LogP contribution in [-0.4, -0.2) is 24.3 Å². The molecule has 0 aromatic heterocycles. The van der Waals surface area contributed by atoms with Gasteiger partial charge in [-0.1, -0.05) is 78.3 Å². The van der Waals surface area contributed by atoms with E-state index in [0.29, 0.717) is 18.0 Å². The van der Waals surface area contributed by atoms with Gasteiger partial charge in [-0.15, -0.1) is 0 Å². The fraction of sp³-hybridized carbons (Fsp3) is 0.174. The van der Waals surface area contributed by atoms with Crippen molar-refractivity contribution in [1.29, 1.82) is 0 Å². The van der Waals surface area contributed by atoms with E-state index in [-0.39, 0.29) is 0 Å². The van der Waals surface area contributed by atoms with Gasteiger partial charge in [-0.3, -0.25) is 0 Å². The van der Waals surface area contributed by atoms with Gasteiger partial charge in [0.25, 0.3) is 0 Å². The molecule has 1 atom stereocenters. The molecule has 0 saturated heterocycles. The van der Waals surface area contributed by atoms with E-state index in [1.165, 1.54) is 4.90 Å². The molecule has 142 valence electrons. The summed E-state index contributed by atoms with van der Waals surface area (Å²) in [5.74, 6) is 0.721. The third-order valence-corrected chi connectivity index (χ3v) is 5.03. The zero-order valence-corrected chi connectivity index (χ0v) is 16.2. The standard InChI is InChI=1S/C23H20ClNO3/c1-25(15-16-8-3-2-4-9-16)23(26)28-21-14-17-10-7-12-19(22(17)27-21)18-11-5-6-13-20(18)24/h2-13,21H,14-15H2,1H3. The molecule has 0 aliphatic carbocycles. The van der Waals surface area contributed by atoms with E-state index < -0.39 is 12.4 Å². The Morgan fingerprint density at radius 2 is 1.75 bits per heavy atom. The van der Waals surface area contributed by atoms with Crippen molar-refractivity contribution in [3.05, 3.63) is 88.9 Å². The molecule has 4 nitrogen and oxygen atoms in total. The van der Waals surface area contributed by atoms with Crippen molar-refractivity contribution in [3.63, 3.8) is 0 Å². The van der Waals surface area contributed by atoms with Crippen molar-refractivity contribution < 1.29 is 14.3 Å². The minimum Gasteiger partial charge on any atom is -0.453 e. The number of halogens is 1. The third kappa shape index (κ3) is 3.82. The molecule has 1 unspecified atom stereocenters. The van der Waals surface area contributed by atoms with Crippen molar-refractivity contribution in [3.8, 4) is 16.9 Å². The summed E-state index contributed by atoms with van der Waals surface area (Å²) < 4.78 is 11.6. The molecule has 5 heteroatoms. The molecule has 3 aromatic rings. The normalized spacial score (nSPS) is 14.9. The number of benzene rings is 3. The van der Waals surface area contributed by atoms with E-state index in [2.05, 4.69) is 0 Å². The van der Waals surface area contributed by atoms with Gasteiger partial charge >= 0.3 is 6.09 Å². The summed E-state index contributed by atoms with van der Waals surface area (Å²) in [5, 5.41) is 0.655. The van der Waals surface area contributed by atoms with Crippen molar-refractivity contribution in [2.45, 2.75) is 19.3 Å². The highest BCUT2D eigenvalue weighted by molar-refractivity contribution is 6.33. The van der Waals surface area contributed by atoms with Crippen LogP contribution in [0.2, 0.25) is 5.02 Å². The second-order valence-corrected chi connectivity index (χ2v) is 7.16. The highest BCUT2D eigenvalue weighted by Gasteiger charge is 2.29. The molecule has 0 bridgehead atoms. The molecular formula is C23H20ClNO3. The fourth-order valence-electron chi connectivity index (χ4n) is 3.32.